The Hall–Kier alpha value is -2.16. The number of pyridine rings is 2. The highest BCUT2D eigenvalue weighted by molar-refractivity contribution is 6.31. The highest BCUT2D eigenvalue weighted by atomic mass is 35.5. The van der Waals surface area contributed by atoms with Gasteiger partial charge in [0.1, 0.15) is 0 Å². The van der Waals surface area contributed by atoms with Gasteiger partial charge >= 0.3 is 0 Å². The van der Waals surface area contributed by atoms with Crippen molar-refractivity contribution in [3.63, 3.8) is 0 Å². The van der Waals surface area contributed by atoms with Gasteiger partial charge in [-0.25, -0.2) is 0 Å². The molecule has 0 aliphatic heterocycles. The Balaban J connectivity index is 0.000000131. The van der Waals surface area contributed by atoms with E-state index >= 15 is 0 Å². The quantitative estimate of drug-likeness (QED) is 0.409. The molecule has 4 heteroatoms. The lowest BCUT2D eigenvalue weighted by Crippen LogP contribution is -1.75. The maximum absolute atomic E-state index is 5.78. The van der Waals surface area contributed by atoms with E-state index in [0.717, 1.165) is 31.9 Å². The molecule has 0 saturated carbocycles. The fourth-order valence-electron chi connectivity index (χ4n) is 2.08. The standard InChI is InChI=1S/2C9H6ClN/c2*10-8-4-3-7-2-1-5-11-9(7)6-8/h2*1-6H. The molecule has 0 aliphatic rings. The monoisotopic (exact) mass is 326 g/mol. The van der Waals surface area contributed by atoms with Crippen molar-refractivity contribution in [3.05, 3.63) is 83.1 Å². The second-order valence-corrected chi connectivity index (χ2v) is 5.55. The van der Waals surface area contributed by atoms with Crippen molar-refractivity contribution in [1.29, 1.82) is 0 Å². The number of aromatic nitrogens is 2. The predicted molar refractivity (Wildman–Crippen MR) is 93.5 cm³/mol. The van der Waals surface area contributed by atoms with Crippen molar-refractivity contribution >= 4 is 45.0 Å². The molecular formula is C18H12Cl2N2. The van der Waals surface area contributed by atoms with E-state index in [4.69, 9.17) is 23.2 Å². The van der Waals surface area contributed by atoms with Gasteiger partial charge in [-0.1, -0.05) is 47.5 Å². The summed E-state index contributed by atoms with van der Waals surface area (Å²) < 4.78 is 0. The number of halogens is 2. The summed E-state index contributed by atoms with van der Waals surface area (Å²) in [5.74, 6) is 0. The Bertz CT molecular complexity index is 845. The number of benzene rings is 2. The van der Waals surface area contributed by atoms with Gasteiger partial charge < -0.3 is 0 Å². The lowest BCUT2D eigenvalue weighted by atomic mass is 10.2. The molecule has 108 valence electrons. The molecule has 0 amide bonds. The lowest BCUT2D eigenvalue weighted by molar-refractivity contribution is 1.41. The zero-order chi connectivity index (χ0) is 15.4. The summed E-state index contributed by atoms with van der Waals surface area (Å²) in [6.07, 6.45) is 3.53. The van der Waals surface area contributed by atoms with Gasteiger partial charge in [-0.15, -0.1) is 0 Å². The summed E-state index contributed by atoms with van der Waals surface area (Å²) in [6, 6.07) is 19.2. The molecule has 0 spiro atoms. The molecule has 0 unspecified atom stereocenters. The van der Waals surface area contributed by atoms with Crippen molar-refractivity contribution in [3.8, 4) is 0 Å². The van der Waals surface area contributed by atoms with Crippen LogP contribution in [-0.2, 0) is 0 Å². The summed E-state index contributed by atoms with van der Waals surface area (Å²) in [4.78, 5) is 8.32. The molecule has 2 nitrogen and oxygen atoms in total. The average Bonchev–Trinajstić information content (AvgIpc) is 2.55. The largest absolute Gasteiger partial charge is 0.256 e. The van der Waals surface area contributed by atoms with Gasteiger partial charge in [0.2, 0.25) is 0 Å². The number of fused-ring (bicyclic) bond motifs is 2. The molecule has 0 aliphatic carbocycles. The highest BCUT2D eigenvalue weighted by Crippen LogP contribution is 2.17. The van der Waals surface area contributed by atoms with Crippen LogP contribution in [0, 0.1) is 0 Å². The van der Waals surface area contributed by atoms with Crippen molar-refractivity contribution in [1.82, 2.24) is 9.97 Å². The number of hydrogen-bond acceptors (Lipinski definition) is 2. The Labute approximate surface area is 138 Å². The fourth-order valence-corrected chi connectivity index (χ4v) is 2.41. The zero-order valence-electron chi connectivity index (χ0n) is 11.6. The van der Waals surface area contributed by atoms with Gasteiger partial charge in [-0.2, -0.15) is 0 Å². The van der Waals surface area contributed by atoms with E-state index in [0.29, 0.717) is 0 Å². The Morgan fingerprint density at radius 2 is 1.05 bits per heavy atom. The number of rotatable bonds is 0. The summed E-state index contributed by atoms with van der Waals surface area (Å²) in [5, 5.41) is 3.71. The molecule has 2 aromatic carbocycles. The third kappa shape index (κ3) is 3.53. The molecule has 0 atom stereocenters. The third-order valence-corrected chi connectivity index (χ3v) is 3.61. The van der Waals surface area contributed by atoms with E-state index in [1.807, 2.05) is 60.7 Å². The fraction of sp³-hybridized carbons (Fsp3) is 0. The van der Waals surface area contributed by atoms with E-state index in [2.05, 4.69) is 9.97 Å². The Morgan fingerprint density at radius 1 is 0.591 bits per heavy atom. The van der Waals surface area contributed by atoms with Crippen LogP contribution in [0.2, 0.25) is 10.0 Å². The first kappa shape index (κ1) is 14.8. The topological polar surface area (TPSA) is 25.8 Å². The first-order valence-electron chi connectivity index (χ1n) is 6.73. The minimum Gasteiger partial charge on any atom is -0.256 e. The van der Waals surface area contributed by atoms with Crippen LogP contribution in [0.5, 0.6) is 0 Å². The van der Waals surface area contributed by atoms with Crippen LogP contribution in [0.25, 0.3) is 21.8 Å². The maximum Gasteiger partial charge on any atom is 0.0716 e. The average molecular weight is 327 g/mol. The molecule has 2 aromatic heterocycles. The normalized spacial score (nSPS) is 10.3. The van der Waals surface area contributed by atoms with Crippen molar-refractivity contribution < 1.29 is 0 Å². The van der Waals surface area contributed by atoms with Crippen molar-refractivity contribution in [2.24, 2.45) is 0 Å². The van der Waals surface area contributed by atoms with Crippen LogP contribution < -0.4 is 0 Å². The van der Waals surface area contributed by atoms with Crippen LogP contribution in [0.4, 0.5) is 0 Å². The third-order valence-electron chi connectivity index (χ3n) is 3.14. The van der Waals surface area contributed by atoms with Gasteiger partial charge in [0.15, 0.2) is 0 Å². The first-order valence-corrected chi connectivity index (χ1v) is 7.48. The van der Waals surface area contributed by atoms with Crippen LogP contribution in [-0.4, -0.2) is 9.97 Å². The van der Waals surface area contributed by atoms with E-state index in [1.54, 1.807) is 12.4 Å². The van der Waals surface area contributed by atoms with Gasteiger partial charge in [0.25, 0.3) is 0 Å². The van der Waals surface area contributed by atoms with E-state index in [1.165, 1.54) is 0 Å². The van der Waals surface area contributed by atoms with Crippen molar-refractivity contribution in [2.75, 3.05) is 0 Å². The molecule has 0 bridgehead atoms. The number of nitrogens with zero attached hydrogens (tertiary/aromatic N) is 2. The summed E-state index contributed by atoms with van der Waals surface area (Å²) >= 11 is 11.6. The second-order valence-electron chi connectivity index (χ2n) is 4.68. The molecule has 2 heterocycles. The molecule has 0 fully saturated rings. The summed E-state index contributed by atoms with van der Waals surface area (Å²) in [6.45, 7) is 0. The number of hydrogen-bond donors (Lipinski definition) is 0. The van der Waals surface area contributed by atoms with E-state index in [9.17, 15) is 0 Å². The molecular weight excluding hydrogens is 315 g/mol. The summed E-state index contributed by atoms with van der Waals surface area (Å²) in [7, 11) is 0. The summed E-state index contributed by atoms with van der Waals surface area (Å²) in [5.41, 5.74) is 1.89. The molecule has 0 radical (unpaired) electrons. The predicted octanol–water partition coefficient (Wildman–Crippen LogP) is 5.78. The van der Waals surface area contributed by atoms with Crippen LogP contribution in [0.15, 0.2) is 73.1 Å². The first-order chi connectivity index (χ1) is 10.7. The maximum atomic E-state index is 5.78. The smallest absolute Gasteiger partial charge is 0.0716 e. The van der Waals surface area contributed by atoms with Crippen LogP contribution in [0.3, 0.4) is 0 Å². The zero-order valence-corrected chi connectivity index (χ0v) is 13.1. The minimum atomic E-state index is 0.733. The molecule has 0 N–H and O–H groups in total. The molecule has 22 heavy (non-hydrogen) atoms. The van der Waals surface area contributed by atoms with Gasteiger partial charge in [0.05, 0.1) is 11.0 Å². The molecule has 0 saturated heterocycles. The minimum absolute atomic E-state index is 0.733. The lowest BCUT2D eigenvalue weighted by Gasteiger charge is -1.94. The van der Waals surface area contributed by atoms with Crippen LogP contribution >= 0.6 is 23.2 Å². The van der Waals surface area contributed by atoms with Gasteiger partial charge in [-0.05, 0) is 36.4 Å². The van der Waals surface area contributed by atoms with E-state index in [-0.39, 0.29) is 0 Å². The Kier molecular flexibility index (Phi) is 4.52. The SMILES string of the molecule is Clc1ccc2cccnc2c1.Clc1ccc2cccnc2c1. The molecule has 4 rings (SSSR count). The second kappa shape index (κ2) is 6.73. The molecule has 4 aromatic rings. The van der Waals surface area contributed by atoms with Gasteiger partial charge in [0, 0.05) is 33.2 Å². The highest BCUT2D eigenvalue weighted by Gasteiger charge is 1.93. The van der Waals surface area contributed by atoms with E-state index < -0.39 is 0 Å². The van der Waals surface area contributed by atoms with Crippen LogP contribution in [0.1, 0.15) is 0 Å². The van der Waals surface area contributed by atoms with Crippen molar-refractivity contribution in [2.45, 2.75) is 0 Å². The van der Waals surface area contributed by atoms with Gasteiger partial charge in [-0.3, -0.25) is 9.97 Å². The Morgan fingerprint density at radius 3 is 1.50 bits per heavy atom.